The Hall–Kier alpha value is -0.900. The van der Waals surface area contributed by atoms with Gasteiger partial charge in [-0.05, 0) is 48.7 Å². The van der Waals surface area contributed by atoms with Gasteiger partial charge in [0.15, 0.2) is 0 Å². The Balaban J connectivity index is 1.80. The molecule has 96 valence electrons. The number of fused-ring (bicyclic) bond motifs is 1. The monoisotopic (exact) mass is 261 g/mol. The summed E-state index contributed by atoms with van der Waals surface area (Å²) in [6.45, 7) is 4.79. The van der Waals surface area contributed by atoms with Gasteiger partial charge >= 0.3 is 0 Å². The van der Waals surface area contributed by atoms with E-state index in [-0.39, 0.29) is 0 Å². The standard InChI is InChI=1S/C15H19NOS/c1-15(17)7-4-8-16(11-15)9-12-10-18-14-6-3-2-5-13(12)14/h2-3,5-6,10,17H,4,7-9,11H2,1H3. The summed E-state index contributed by atoms with van der Waals surface area (Å²) in [6, 6.07) is 8.57. The highest BCUT2D eigenvalue weighted by molar-refractivity contribution is 7.17. The molecule has 1 aliphatic heterocycles. The summed E-state index contributed by atoms with van der Waals surface area (Å²) < 4.78 is 1.36. The van der Waals surface area contributed by atoms with Crippen LogP contribution in [-0.2, 0) is 6.54 Å². The molecule has 0 saturated carbocycles. The van der Waals surface area contributed by atoms with E-state index in [9.17, 15) is 5.11 Å². The quantitative estimate of drug-likeness (QED) is 0.897. The van der Waals surface area contributed by atoms with E-state index >= 15 is 0 Å². The molecule has 3 heteroatoms. The first-order valence-corrected chi connectivity index (χ1v) is 7.42. The molecule has 1 fully saturated rings. The van der Waals surface area contributed by atoms with Gasteiger partial charge in [-0.15, -0.1) is 11.3 Å². The maximum absolute atomic E-state index is 10.1. The van der Waals surface area contributed by atoms with Crippen LogP contribution in [0.5, 0.6) is 0 Å². The Morgan fingerprint density at radius 3 is 3.06 bits per heavy atom. The molecule has 0 aliphatic carbocycles. The van der Waals surface area contributed by atoms with Gasteiger partial charge in [0.05, 0.1) is 5.60 Å². The van der Waals surface area contributed by atoms with Gasteiger partial charge in [0.25, 0.3) is 0 Å². The first kappa shape index (κ1) is 12.2. The molecule has 0 spiro atoms. The summed E-state index contributed by atoms with van der Waals surface area (Å²) >= 11 is 1.81. The van der Waals surface area contributed by atoms with Crippen molar-refractivity contribution in [3.8, 4) is 0 Å². The molecule has 1 aromatic heterocycles. The zero-order chi connectivity index (χ0) is 12.6. The Morgan fingerprint density at radius 1 is 1.39 bits per heavy atom. The number of nitrogens with zero attached hydrogens (tertiary/aromatic N) is 1. The maximum Gasteiger partial charge on any atom is 0.0746 e. The van der Waals surface area contributed by atoms with Crippen molar-refractivity contribution in [3.05, 3.63) is 35.2 Å². The lowest BCUT2D eigenvalue weighted by Crippen LogP contribution is -2.45. The molecule has 1 aliphatic rings. The van der Waals surface area contributed by atoms with Crippen molar-refractivity contribution >= 4 is 21.4 Å². The summed E-state index contributed by atoms with van der Waals surface area (Å²) in [5.41, 5.74) is 0.887. The van der Waals surface area contributed by atoms with Crippen LogP contribution in [0.2, 0.25) is 0 Å². The highest BCUT2D eigenvalue weighted by atomic mass is 32.1. The number of benzene rings is 1. The van der Waals surface area contributed by atoms with Crippen LogP contribution in [0.1, 0.15) is 25.3 Å². The Kier molecular flexibility index (Phi) is 3.14. The highest BCUT2D eigenvalue weighted by Gasteiger charge is 2.28. The van der Waals surface area contributed by atoms with E-state index in [2.05, 4.69) is 34.5 Å². The van der Waals surface area contributed by atoms with Crippen molar-refractivity contribution in [2.75, 3.05) is 13.1 Å². The molecule has 0 bridgehead atoms. The van der Waals surface area contributed by atoms with Gasteiger partial charge in [-0.2, -0.15) is 0 Å². The van der Waals surface area contributed by atoms with Crippen molar-refractivity contribution in [1.82, 2.24) is 4.90 Å². The molecule has 2 heterocycles. The first-order valence-electron chi connectivity index (χ1n) is 6.54. The summed E-state index contributed by atoms with van der Waals surface area (Å²) in [5.74, 6) is 0. The fraction of sp³-hybridized carbons (Fsp3) is 0.467. The zero-order valence-electron chi connectivity index (χ0n) is 10.7. The van der Waals surface area contributed by atoms with E-state index in [1.807, 2.05) is 18.3 Å². The van der Waals surface area contributed by atoms with Crippen molar-refractivity contribution in [2.45, 2.75) is 31.9 Å². The molecule has 1 unspecified atom stereocenters. The fourth-order valence-electron chi connectivity index (χ4n) is 2.85. The van der Waals surface area contributed by atoms with Crippen LogP contribution in [0.4, 0.5) is 0 Å². The minimum absolute atomic E-state index is 0.510. The third kappa shape index (κ3) is 2.44. The van der Waals surface area contributed by atoms with Crippen LogP contribution in [-0.4, -0.2) is 28.7 Å². The third-order valence-electron chi connectivity index (χ3n) is 3.71. The van der Waals surface area contributed by atoms with Crippen molar-refractivity contribution < 1.29 is 5.11 Å². The predicted octanol–water partition coefficient (Wildman–Crippen LogP) is 3.25. The lowest BCUT2D eigenvalue weighted by atomic mass is 9.95. The topological polar surface area (TPSA) is 23.5 Å². The molecule has 0 radical (unpaired) electrons. The van der Waals surface area contributed by atoms with E-state index in [0.29, 0.717) is 0 Å². The summed E-state index contributed by atoms with van der Waals surface area (Å²) in [6.07, 6.45) is 2.02. The van der Waals surface area contributed by atoms with Crippen LogP contribution < -0.4 is 0 Å². The minimum atomic E-state index is -0.510. The van der Waals surface area contributed by atoms with Gasteiger partial charge in [-0.3, -0.25) is 4.90 Å². The highest BCUT2D eigenvalue weighted by Crippen LogP contribution is 2.28. The Labute approximate surface area is 112 Å². The smallest absolute Gasteiger partial charge is 0.0746 e. The van der Waals surface area contributed by atoms with Crippen molar-refractivity contribution in [1.29, 1.82) is 0 Å². The zero-order valence-corrected chi connectivity index (χ0v) is 11.5. The van der Waals surface area contributed by atoms with Crippen molar-refractivity contribution in [3.63, 3.8) is 0 Å². The number of likely N-dealkylation sites (tertiary alicyclic amines) is 1. The molecular formula is C15H19NOS. The number of aliphatic hydroxyl groups is 1. The Bertz CT molecular complexity index is 546. The van der Waals surface area contributed by atoms with Crippen molar-refractivity contribution in [2.24, 2.45) is 0 Å². The molecular weight excluding hydrogens is 242 g/mol. The second-order valence-corrected chi connectivity index (χ2v) is 6.48. The number of hydrogen-bond acceptors (Lipinski definition) is 3. The predicted molar refractivity (Wildman–Crippen MR) is 77.0 cm³/mol. The van der Waals surface area contributed by atoms with Gasteiger partial charge in [0, 0.05) is 17.8 Å². The first-order chi connectivity index (χ1) is 8.64. The number of rotatable bonds is 2. The van der Waals surface area contributed by atoms with Crippen LogP contribution in [0.15, 0.2) is 29.6 Å². The summed E-state index contributed by atoms with van der Waals surface area (Å²) in [5, 5.41) is 13.8. The second-order valence-electron chi connectivity index (χ2n) is 5.57. The minimum Gasteiger partial charge on any atom is -0.389 e. The summed E-state index contributed by atoms with van der Waals surface area (Å²) in [4.78, 5) is 2.37. The largest absolute Gasteiger partial charge is 0.389 e. The van der Waals surface area contributed by atoms with Crippen LogP contribution >= 0.6 is 11.3 Å². The van der Waals surface area contributed by atoms with E-state index < -0.39 is 5.60 Å². The van der Waals surface area contributed by atoms with E-state index in [1.54, 1.807) is 0 Å². The lowest BCUT2D eigenvalue weighted by molar-refractivity contribution is -0.0180. The van der Waals surface area contributed by atoms with Crippen LogP contribution in [0.25, 0.3) is 10.1 Å². The van der Waals surface area contributed by atoms with Gasteiger partial charge in [-0.25, -0.2) is 0 Å². The molecule has 1 aromatic carbocycles. The lowest BCUT2D eigenvalue weighted by Gasteiger charge is -2.36. The van der Waals surface area contributed by atoms with Gasteiger partial charge in [0.2, 0.25) is 0 Å². The van der Waals surface area contributed by atoms with Gasteiger partial charge < -0.3 is 5.11 Å². The molecule has 18 heavy (non-hydrogen) atoms. The molecule has 1 N–H and O–H groups in total. The van der Waals surface area contributed by atoms with Gasteiger partial charge in [-0.1, -0.05) is 18.2 Å². The molecule has 0 amide bonds. The molecule has 1 saturated heterocycles. The van der Waals surface area contributed by atoms with Crippen LogP contribution in [0.3, 0.4) is 0 Å². The Morgan fingerprint density at radius 2 is 2.22 bits per heavy atom. The fourth-order valence-corrected chi connectivity index (χ4v) is 3.81. The number of thiophene rings is 1. The van der Waals surface area contributed by atoms with Crippen LogP contribution in [0, 0.1) is 0 Å². The number of piperidine rings is 1. The third-order valence-corrected chi connectivity index (χ3v) is 4.72. The van der Waals surface area contributed by atoms with E-state index in [1.165, 1.54) is 15.6 Å². The maximum atomic E-state index is 10.1. The molecule has 2 aromatic rings. The summed E-state index contributed by atoms with van der Waals surface area (Å²) in [7, 11) is 0. The van der Waals surface area contributed by atoms with Gasteiger partial charge in [0.1, 0.15) is 0 Å². The normalized spacial score (nSPS) is 25.7. The second kappa shape index (κ2) is 4.65. The average molecular weight is 261 g/mol. The number of hydrogen-bond donors (Lipinski definition) is 1. The molecule has 3 rings (SSSR count). The SMILES string of the molecule is CC1(O)CCCN(Cc2csc3ccccc23)C1. The van der Waals surface area contributed by atoms with E-state index in [0.717, 1.165) is 32.5 Å². The molecule has 2 nitrogen and oxygen atoms in total. The number of β-amino-alcohol motifs (C(OH)–C–C–N with tert-alkyl or cyclic N) is 1. The molecule has 1 atom stereocenters. The van der Waals surface area contributed by atoms with E-state index in [4.69, 9.17) is 0 Å². The average Bonchev–Trinajstić information content (AvgIpc) is 2.72.